The number of ether oxygens (including phenoxy) is 2. The minimum absolute atomic E-state index is 0.00763. The molecule has 9 heteroatoms. The third-order valence-electron chi connectivity index (χ3n) is 6.50. The molecule has 1 aliphatic heterocycles. The average molecular weight is 501 g/mol. The van der Waals surface area contributed by atoms with Crippen LogP contribution < -0.4 is 19.7 Å². The lowest BCUT2D eigenvalue weighted by Crippen LogP contribution is -2.36. The molecular weight excluding hydrogens is 466 g/mol. The van der Waals surface area contributed by atoms with Crippen LogP contribution in [-0.2, 0) is 4.79 Å². The zero-order valence-electron chi connectivity index (χ0n) is 20.8. The van der Waals surface area contributed by atoms with Crippen molar-refractivity contribution in [2.75, 3.05) is 36.5 Å². The quantitative estimate of drug-likeness (QED) is 0.398. The summed E-state index contributed by atoms with van der Waals surface area (Å²) < 4.78 is 35.9. The Morgan fingerprint density at radius 2 is 1.89 bits per heavy atom. The zero-order valence-corrected chi connectivity index (χ0v) is 20.8. The van der Waals surface area contributed by atoms with Gasteiger partial charge in [0.2, 0.25) is 5.91 Å². The van der Waals surface area contributed by atoms with Crippen LogP contribution >= 0.6 is 0 Å². The van der Waals surface area contributed by atoms with Gasteiger partial charge < -0.3 is 19.7 Å². The first-order valence-electron chi connectivity index (χ1n) is 12.6. The van der Waals surface area contributed by atoms with E-state index in [1.165, 1.54) is 6.07 Å². The lowest BCUT2D eigenvalue weighted by atomic mass is 10.2. The third kappa shape index (κ3) is 6.86. The molecule has 194 valence electrons. The summed E-state index contributed by atoms with van der Waals surface area (Å²) in [4.78, 5) is 15.2. The van der Waals surface area contributed by atoms with Crippen molar-refractivity contribution in [2.45, 2.75) is 52.2 Å². The molecule has 36 heavy (non-hydrogen) atoms. The standard InChI is InChI=1S/C27H34F2N4O3/c1-3-32(4-2)22-12-10-21(11-13-22)31-26(34)23-6-5-15-33(23)30-17-20-9-14-24(36-27(28)29)25(16-20)35-18-19-7-8-19/h9-14,16-17,19,23,27H,3-8,15,18H2,1-2H3,(H,31,34)/b30-17+/t23-/m0/s1. The van der Waals surface area contributed by atoms with Gasteiger partial charge in [0.05, 0.1) is 12.8 Å². The first-order chi connectivity index (χ1) is 17.5. The molecule has 0 radical (unpaired) electrons. The smallest absolute Gasteiger partial charge is 0.387 e. The number of hydrogen-bond donors (Lipinski definition) is 1. The van der Waals surface area contributed by atoms with Crippen molar-refractivity contribution in [2.24, 2.45) is 11.0 Å². The Hall–Kier alpha value is -3.36. The summed E-state index contributed by atoms with van der Waals surface area (Å²) in [6.07, 6.45) is 5.36. The van der Waals surface area contributed by atoms with Gasteiger partial charge in [-0.15, -0.1) is 0 Å². The van der Waals surface area contributed by atoms with Crippen LogP contribution in [0.15, 0.2) is 47.6 Å². The Morgan fingerprint density at radius 1 is 1.14 bits per heavy atom. The van der Waals surface area contributed by atoms with E-state index in [9.17, 15) is 13.6 Å². The highest BCUT2D eigenvalue weighted by atomic mass is 19.3. The molecule has 0 aromatic heterocycles. The summed E-state index contributed by atoms with van der Waals surface area (Å²) in [5, 5.41) is 9.31. The third-order valence-corrected chi connectivity index (χ3v) is 6.50. The van der Waals surface area contributed by atoms with Gasteiger partial charge in [0.1, 0.15) is 6.04 Å². The predicted octanol–water partition coefficient (Wildman–Crippen LogP) is 5.36. The van der Waals surface area contributed by atoms with Crippen molar-refractivity contribution in [3.05, 3.63) is 48.0 Å². The Labute approximate surface area is 211 Å². The normalized spacial score (nSPS) is 17.6. The zero-order chi connectivity index (χ0) is 25.5. The van der Waals surface area contributed by atoms with Crippen molar-refractivity contribution in [3.8, 4) is 11.5 Å². The molecule has 1 atom stereocenters. The second-order valence-corrected chi connectivity index (χ2v) is 9.11. The molecule has 0 unspecified atom stereocenters. The van der Waals surface area contributed by atoms with Crippen molar-refractivity contribution in [1.82, 2.24) is 5.01 Å². The summed E-state index contributed by atoms with van der Waals surface area (Å²) in [5.41, 5.74) is 2.55. The van der Waals surface area contributed by atoms with Crippen LogP contribution in [0.5, 0.6) is 11.5 Å². The van der Waals surface area contributed by atoms with E-state index in [0.717, 1.165) is 43.7 Å². The Balaban J connectivity index is 1.39. The topological polar surface area (TPSA) is 66.4 Å². The lowest BCUT2D eigenvalue weighted by Gasteiger charge is -2.22. The Bertz CT molecular complexity index is 1040. The van der Waals surface area contributed by atoms with Crippen LogP contribution in [0.2, 0.25) is 0 Å². The van der Waals surface area contributed by atoms with Gasteiger partial charge in [0.15, 0.2) is 11.5 Å². The number of nitrogens with zero attached hydrogens (tertiary/aromatic N) is 3. The molecule has 4 rings (SSSR count). The molecule has 1 N–H and O–H groups in total. The van der Waals surface area contributed by atoms with Crippen LogP contribution in [0.1, 0.15) is 45.1 Å². The molecule has 0 spiro atoms. The van der Waals surface area contributed by atoms with E-state index < -0.39 is 6.61 Å². The van der Waals surface area contributed by atoms with Crippen molar-refractivity contribution in [1.29, 1.82) is 0 Å². The van der Waals surface area contributed by atoms with E-state index >= 15 is 0 Å². The monoisotopic (exact) mass is 500 g/mol. The second-order valence-electron chi connectivity index (χ2n) is 9.11. The molecule has 1 saturated heterocycles. The number of carbonyl (C=O) groups excluding carboxylic acids is 1. The lowest BCUT2D eigenvalue weighted by molar-refractivity contribution is -0.120. The van der Waals surface area contributed by atoms with Crippen molar-refractivity contribution >= 4 is 23.5 Å². The van der Waals surface area contributed by atoms with Crippen LogP contribution in [0.3, 0.4) is 0 Å². The number of hydrazone groups is 1. The fourth-order valence-electron chi connectivity index (χ4n) is 4.27. The number of amides is 1. The van der Waals surface area contributed by atoms with Crippen LogP contribution in [0.4, 0.5) is 20.2 Å². The number of anilines is 2. The molecule has 2 aromatic rings. The summed E-state index contributed by atoms with van der Waals surface area (Å²) in [5.74, 6) is 0.650. The number of rotatable bonds is 12. The van der Waals surface area contributed by atoms with Gasteiger partial charge in [0.25, 0.3) is 0 Å². The fourth-order valence-corrected chi connectivity index (χ4v) is 4.27. The number of alkyl halides is 2. The number of halogens is 2. The highest BCUT2D eigenvalue weighted by Crippen LogP contribution is 2.34. The maximum absolute atomic E-state index is 13.0. The predicted molar refractivity (Wildman–Crippen MR) is 137 cm³/mol. The minimum Gasteiger partial charge on any atom is -0.489 e. The highest BCUT2D eigenvalue weighted by Gasteiger charge is 2.30. The molecule has 0 bridgehead atoms. The maximum Gasteiger partial charge on any atom is 0.387 e. The fraction of sp³-hybridized carbons (Fsp3) is 0.481. The average Bonchev–Trinajstić information content (AvgIpc) is 3.58. The minimum atomic E-state index is -2.93. The van der Waals surface area contributed by atoms with Crippen molar-refractivity contribution < 1.29 is 23.0 Å². The van der Waals surface area contributed by atoms with Crippen LogP contribution in [-0.4, -0.2) is 56.0 Å². The van der Waals surface area contributed by atoms with Gasteiger partial charge in [-0.2, -0.15) is 13.9 Å². The van der Waals surface area contributed by atoms with Gasteiger partial charge in [-0.05, 0) is 93.5 Å². The summed E-state index contributed by atoms with van der Waals surface area (Å²) >= 11 is 0. The maximum atomic E-state index is 13.0. The number of benzene rings is 2. The molecular formula is C27H34F2N4O3. The largest absolute Gasteiger partial charge is 0.489 e. The molecule has 1 aliphatic carbocycles. The van der Waals surface area contributed by atoms with Crippen LogP contribution in [0.25, 0.3) is 0 Å². The van der Waals surface area contributed by atoms with Crippen LogP contribution in [0, 0.1) is 5.92 Å². The van der Waals surface area contributed by atoms with E-state index in [1.807, 2.05) is 24.3 Å². The van der Waals surface area contributed by atoms with E-state index in [0.29, 0.717) is 31.1 Å². The molecule has 2 aromatic carbocycles. The number of hydrogen-bond acceptors (Lipinski definition) is 6. The number of carbonyl (C=O) groups is 1. The molecule has 1 saturated carbocycles. The van der Waals surface area contributed by atoms with E-state index in [1.54, 1.807) is 23.4 Å². The first kappa shape index (κ1) is 25.7. The molecule has 2 aliphatic rings. The molecule has 2 fully saturated rings. The summed E-state index contributed by atoms with van der Waals surface area (Å²) in [6, 6.07) is 12.2. The van der Waals surface area contributed by atoms with Gasteiger partial charge in [-0.1, -0.05) is 0 Å². The van der Waals surface area contributed by atoms with E-state index in [-0.39, 0.29) is 23.4 Å². The molecule has 1 amide bonds. The Morgan fingerprint density at radius 3 is 2.56 bits per heavy atom. The van der Waals surface area contributed by atoms with Gasteiger partial charge in [-0.25, -0.2) is 0 Å². The van der Waals surface area contributed by atoms with Gasteiger partial charge >= 0.3 is 6.61 Å². The molecule has 7 nitrogen and oxygen atoms in total. The van der Waals surface area contributed by atoms with Crippen molar-refractivity contribution in [3.63, 3.8) is 0 Å². The van der Waals surface area contributed by atoms with E-state index in [4.69, 9.17) is 4.74 Å². The highest BCUT2D eigenvalue weighted by molar-refractivity contribution is 5.95. The Kier molecular flexibility index (Phi) is 8.61. The summed E-state index contributed by atoms with van der Waals surface area (Å²) in [7, 11) is 0. The SMILES string of the molecule is CCN(CC)c1ccc(NC(=O)[C@@H]2CCCN2/N=C/c2ccc(OC(F)F)c(OCC3CC3)c2)cc1. The summed E-state index contributed by atoms with van der Waals surface area (Å²) in [6.45, 7) is 4.28. The van der Waals surface area contributed by atoms with E-state index in [2.05, 4.69) is 33.9 Å². The van der Waals surface area contributed by atoms with Gasteiger partial charge in [-0.3, -0.25) is 9.80 Å². The first-order valence-corrected chi connectivity index (χ1v) is 12.6. The molecule has 1 heterocycles. The van der Waals surface area contributed by atoms with Gasteiger partial charge in [0, 0.05) is 31.0 Å². The number of nitrogens with one attached hydrogen (secondary N) is 1. The second kappa shape index (κ2) is 12.1.